The molecule has 0 spiro atoms. The Kier molecular flexibility index (Phi) is 3.33. The van der Waals surface area contributed by atoms with Crippen LogP contribution in [0.3, 0.4) is 0 Å². The number of imidazole rings is 1. The van der Waals surface area contributed by atoms with Gasteiger partial charge < -0.3 is 10.1 Å². The topological polar surface area (TPSA) is 64.9 Å². The fraction of sp³-hybridized carbons (Fsp3) is 0.545. The van der Waals surface area contributed by atoms with Crippen LogP contribution in [0.5, 0.6) is 0 Å². The van der Waals surface area contributed by atoms with Gasteiger partial charge in [-0.05, 0) is 12.8 Å². The molecule has 3 heterocycles. The van der Waals surface area contributed by atoms with E-state index in [9.17, 15) is 0 Å². The van der Waals surface area contributed by atoms with Crippen LogP contribution in [0.25, 0.3) is 11.2 Å². The molecule has 1 aliphatic rings. The number of hydrogen-bond acceptors (Lipinski definition) is 5. The second-order valence-corrected chi connectivity index (χ2v) is 5.12. The highest BCUT2D eigenvalue weighted by Gasteiger charge is 2.27. The quantitative estimate of drug-likeness (QED) is 0.671. The lowest BCUT2D eigenvalue weighted by Crippen LogP contribution is -2.12. The van der Waals surface area contributed by atoms with Crippen LogP contribution in [-0.2, 0) is 4.74 Å². The average Bonchev–Trinajstić information content (AvgIpc) is 3.03. The summed E-state index contributed by atoms with van der Waals surface area (Å²) in [4.78, 5) is 12.8. The molecule has 0 bridgehead atoms. The van der Waals surface area contributed by atoms with Gasteiger partial charge >= 0.3 is 0 Å². The molecule has 1 unspecified atom stereocenters. The molecule has 0 aliphatic carbocycles. The predicted molar refractivity (Wildman–Crippen MR) is 76.9 cm³/mol. The molecule has 1 N–H and O–H groups in total. The highest BCUT2D eigenvalue weighted by Crippen LogP contribution is 2.31. The van der Waals surface area contributed by atoms with Crippen molar-refractivity contribution in [3.05, 3.63) is 12.7 Å². The lowest BCUT2D eigenvalue weighted by Gasteiger charge is -2.13. The maximum absolute atomic E-state index is 5.97. The number of anilines is 1. The largest absolute Gasteiger partial charge is 0.371 e. The Bertz CT molecular complexity index is 557. The predicted octanol–water partition coefficient (Wildman–Crippen LogP) is 1.98. The molecule has 2 atom stereocenters. The number of halogens is 1. The van der Waals surface area contributed by atoms with Crippen molar-refractivity contribution in [1.82, 2.24) is 19.5 Å². The number of aromatic nitrogens is 4. The van der Waals surface area contributed by atoms with E-state index in [1.165, 1.54) is 0 Å². The number of ether oxygens (including phenoxy) is 1. The Balaban J connectivity index is 1.98. The van der Waals surface area contributed by atoms with Crippen molar-refractivity contribution in [3.63, 3.8) is 0 Å². The maximum atomic E-state index is 5.97. The maximum Gasteiger partial charge on any atom is 0.167 e. The van der Waals surface area contributed by atoms with E-state index in [0.717, 1.165) is 34.3 Å². The van der Waals surface area contributed by atoms with E-state index in [4.69, 9.17) is 4.74 Å². The molecule has 6 nitrogen and oxygen atoms in total. The van der Waals surface area contributed by atoms with Crippen LogP contribution in [0.4, 0.5) is 5.82 Å². The zero-order valence-electron chi connectivity index (χ0n) is 10.0. The smallest absolute Gasteiger partial charge is 0.167 e. The van der Waals surface area contributed by atoms with Gasteiger partial charge in [0.1, 0.15) is 18.1 Å². The summed E-state index contributed by atoms with van der Waals surface area (Å²) >= 11 is 2.36. The van der Waals surface area contributed by atoms with Crippen LogP contribution in [0.1, 0.15) is 19.1 Å². The van der Waals surface area contributed by atoms with Crippen molar-refractivity contribution in [2.75, 3.05) is 16.8 Å². The van der Waals surface area contributed by atoms with E-state index in [1.54, 1.807) is 12.7 Å². The van der Waals surface area contributed by atoms with Crippen LogP contribution in [0.2, 0.25) is 0 Å². The number of nitrogens with zero attached hydrogens (tertiary/aromatic N) is 4. The molecule has 1 fully saturated rings. The van der Waals surface area contributed by atoms with Gasteiger partial charge in [-0.15, -0.1) is 0 Å². The van der Waals surface area contributed by atoms with Crippen molar-refractivity contribution in [1.29, 1.82) is 0 Å². The van der Waals surface area contributed by atoms with Crippen molar-refractivity contribution in [2.24, 2.45) is 0 Å². The first kappa shape index (κ1) is 12.1. The Hall–Kier alpha value is -0.960. The fourth-order valence-corrected chi connectivity index (χ4v) is 2.90. The van der Waals surface area contributed by atoms with E-state index in [-0.39, 0.29) is 6.23 Å². The molecular formula is C11H14IN5O. The number of hydrogen-bond donors (Lipinski definition) is 1. The minimum Gasteiger partial charge on any atom is -0.371 e. The summed E-state index contributed by atoms with van der Waals surface area (Å²) < 4.78 is 9.00. The minimum atomic E-state index is 0.0503. The molecule has 18 heavy (non-hydrogen) atoms. The molecular weight excluding hydrogens is 345 g/mol. The van der Waals surface area contributed by atoms with Gasteiger partial charge in [-0.2, -0.15) is 0 Å². The van der Waals surface area contributed by atoms with Gasteiger partial charge in [0.05, 0.1) is 12.4 Å². The fourth-order valence-electron chi connectivity index (χ4n) is 2.25. The first-order chi connectivity index (χ1) is 8.83. The number of fused-ring (bicyclic) bond motifs is 1. The first-order valence-electron chi connectivity index (χ1n) is 5.90. The van der Waals surface area contributed by atoms with Gasteiger partial charge in [-0.1, -0.05) is 22.6 Å². The molecule has 2 aromatic rings. The van der Waals surface area contributed by atoms with Crippen LogP contribution < -0.4 is 5.32 Å². The zero-order chi connectivity index (χ0) is 12.5. The molecule has 0 aromatic carbocycles. The Labute approximate surface area is 118 Å². The first-order valence-corrected chi connectivity index (χ1v) is 7.42. The summed E-state index contributed by atoms with van der Waals surface area (Å²) in [5.74, 6) is 0.752. The lowest BCUT2D eigenvalue weighted by atomic mass is 10.2. The zero-order valence-corrected chi connectivity index (χ0v) is 12.2. The van der Waals surface area contributed by atoms with Gasteiger partial charge in [0.2, 0.25) is 0 Å². The molecule has 1 saturated heterocycles. The number of rotatable bonds is 3. The molecule has 1 aliphatic heterocycles. The Morgan fingerprint density at radius 3 is 3.06 bits per heavy atom. The SMILES string of the molecule is CNc1ncnc2c1ncn2C1CC[C@@H](CI)O1. The Morgan fingerprint density at radius 1 is 1.44 bits per heavy atom. The highest BCUT2D eigenvalue weighted by molar-refractivity contribution is 14.1. The summed E-state index contributed by atoms with van der Waals surface area (Å²) in [7, 11) is 1.83. The van der Waals surface area contributed by atoms with Crippen molar-refractivity contribution >= 4 is 39.6 Å². The van der Waals surface area contributed by atoms with E-state index in [1.807, 2.05) is 11.6 Å². The van der Waals surface area contributed by atoms with Crippen molar-refractivity contribution < 1.29 is 4.74 Å². The van der Waals surface area contributed by atoms with Crippen LogP contribution in [0.15, 0.2) is 12.7 Å². The Morgan fingerprint density at radius 2 is 2.33 bits per heavy atom. The van der Waals surface area contributed by atoms with Crippen LogP contribution in [0, 0.1) is 0 Å². The van der Waals surface area contributed by atoms with Crippen LogP contribution >= 0.6 is 22.6 Å². The standard InChI is InChI=1S/C11H14IN5O/c1-13-10-9-11(15-5-14-10)17(6-16-9)8-3-2-7(4-12)18-8/h5-8H,2-4H2,1H3,(H,13,14,15)/t7-,8?/m0/s1. The number of alkyl halides is 1. The van der Waals surface area contributed by atoms with Gasteiger partial charge in [-0.25, -0.2) is 15.0 Å². The van der Waals surface area contributed by atoms with E-state index < -0.39 is 0 Å². The third-order valence-corrected chi connectivity index (χ3v) is 4.15. The third kappa shape index (κ3) is 1.95. The van der Waals surface area contributed by atoms with Gasteiger partial charge in [-0.3, -0.25) is 4.57 Å². The van der Waals surface area contributed by atoms with E-state index in [0.29, 0.717) is 6.10 Å². The second-order valence-electron chi connectivity index (χ2n) is 4.24. The molecule has 7 heteroatoms. The van der Waals surface area contributed by atoms with Gasteiger partial charge in [0.15, 0.2) is 11.5 Å². The van der Waals surface area contributed by atoms with Gasteiger partial charge in [0.25, 0.3) is 0 Å². The monoisotopic (exact) mass is 359 g/mol. The second kappa shape index (κ2) is 4.96. The van der Waals surface area contributed by atoms with Gasteiger partial charge in [0, 0.05) is 11.5 Å². The lowest BCUT2D eigenvalue weighted by molar-refractivity contribution is 0.0166. The summed E-state index contributed by atoms with van der Waals surface area (Å²) in [6, 6.07) is 0. The highest BCUT2D eigenvalue weighted by atomic mass is 127. The van der Waals surface area contributed by atoms with E-state index >= 15 is 0 Å². The molecule has 0 saturated carbocycles. The summed E-state index contributed by atoms with van der Waals surface area (Å²) in [6.07, 6.45) is 5.85. The molecule has 0 radical (unpaired) electrons. The molecule has 2 aromatic heterocycles. The summed E-state index contributed by atoms with van der Waals surface area (Å²) in [5, 5.41) is 3.02. The normalized spacial score (nSPS) is 23.7. The minimum absolute atomic E-state index is 0.0503. The molecule has 96 valence electrons. The average molecular weight is 359 g/mol. The van der Waals surface area contributed by atoms with E-state index in [2.05, 4.69) is 42.9 Å². The third-order valence-electron chi connectivity index (χ3n) is 3.16. The van der Waals surface area contributed by atoms with Crippen molar-refractivity contribution in [2.45, 2.75) is 25.2 Å². The summed E-state index contributed by atoms with van der Waals surface area (Å²) in [6.45, 7) is 0. The van der Waals surface area contributed by atoms with Crippen molar-refractivity contribution in [3.8, 4) is 0 Å². The number of nitrogens with one attached hydrogen (secondary N) is 1. The molecule has 0 amide bonds. The molecule has 3 rings (SSSR count). The summed E-state index contributed by atoms with van der Waals surface area (Å²) in [5.41, 5.74) is 1.62. The van der Waals surface area contributed by atoms with Crippen LogP contribution in [-0.4, -0.2) is 37.1 Å².